The fourth-order valence-electron chi connectivity index (χ4n) is 1.46. The maximum Gasteiger partial charge on any atom is 0.326 e. The van der Waals surface area contributed by atoms with Crippen molar-refractivity contribution in [3.63, 3.8) is 0 Å². The number of amides is 1. The summed E-state index contributed by atoms with van der Waals surface area (Å²) >= 11 is 0. The van der Waals surface area contributed by atoms with Gasteiger partial charge in [0.25, 0.3) is 0 Å². The summed E-state index contributed by atoms with van der Waals surface area (Å²) in [5, 5.41) is 11.5. The molecule has 0 bridgehead atoms. The van der Waals surface area contributed by atoms with Crippen LogP contribution in [0.15, 0.2) is 0 Å². The van der Waals surface area contributed by atoms with Crippen molar-refractivity contribution < 1.29 is 24.2 Å². The summed E-state index contributed by atoms with van der Waals surface area (Å²) in [4.78, 5) is 33.9. The van der Waals surface area contributed by atoms with Gasteiger partial charge in [-0.05, 0) is 17.8 Å². The van der Waals surface area contributed by atoms with Gasteiger partial charge in [-0.15, -0.1) is 0 Å². The lowest BCUT2D eigenvalue weighted by Gasteiger charge is -2.27. The van der Waals surface area contributed by atoms with Crippen molar-refractivity contribution in [1.82, 2.24) is 5.32 Å². The van der Waals surface area contributed by atoms with Crippen LogP contribution in [0.4, 0.5) is 0 Å². The molecule has 2 atom stereocenters. The first kappa shape index (κ1) is 18.4. The van der Waals surface area contributed by atoms with Crippen LogP contribution in [0.5, 0.6) is 0 Å². The predicted octanol–water partition coefficient (Wildman–Crippen LogP) is 1.58. The number of ether oxygens (including phenoxy) is 1. The van der Waals surface area contributed by atoms with Crippen LogP contribution >= 0.6 is 0 Å². The molecule has 6 heteroatoms. The van der Waals surface area contributed by atoms with Gasteiger partial charge >= 0.3 is 11.9 Å². The first-order valence-corrected chi connectivity index (χ1v) is 6.67. The van der Waals surface area contributed by atoms with Gasteiger partial charge in [0, 0.05) is 12.8 Å². The van der Waals surface area contributed by atoms with Crippen molar-refractivity contribution in [1.29, 1.82) is 0 Å². The molecule has 1 amide bonds. The average molecular weight is 287 g/mol. The number of carbonyl (C=O) groups excluding carboxylic acids is 2. The highest BCUT2D eigenvalue weighted by Crippen LogP contribution is 2.27. The number of nitrogens with one attached hydrogen (secondary N) is 1. The molecule has 0 aliphatic heterocycles. The molecule has 116 valence electrons. The molecule has 0 aromatic heterocycles. The van der Waals surface area contributed by atoms with Crippen LogP contribution in [-0.2, 0) is 19.1 Å². The number of esters is 1. The van der Waals surface area contributed by atoms with Crippen LogP contribution in [0.3, 0.4) is 0 Å². The third-order valence-corrected chi connectivity index (χ3v) is 3.47. The van der Waals surface area contributed by atoms with Crippen molar-refractivity contribution in [2.45, 2.75) is 53.0 Å². The Morgan fingerprint density at radius 2 is 1.80 bits per heavy atom. The van der Waals surface area contributed by atoms with E-state index in [-0.39, 0.29) is 36.5 Å². The SMILES string of the molecule is COC(=O)CC[C@@H](NC(=O)CC(C)C(C)(C)C)C(=O)O. The van der Waals surface area contributed by atoms with Crippen molar-refractivity contribution in [2.24, 2.45) is 11.3 Å². The summed E-state index contributed by atoms with van der Waals surface area (Å²) in [7, 11) is 1.24. The Hall–Kier alpha value is -1.59. The summed E-state index contributed by atoms with van der Waals surface area (Å²) in [5.41, 5.74) is -0.0257. The molecule has 0 aromatic carbocycles. The van der Waals surface area contributed by atoms with Gasteiger partial charge in [-0.3, -0.25) is 9.59 Å². The van der Waals surface area contributed by atoms with Gasteiger partial charge in [0.05, 0.1) is 7.11 Å². The molecule has 0 saturated carbocycles. The number of hydrogen-bond donors (Lipinski definition) is 2. The van der Waals surface area contributed by atoms with Crippen LogP contribution in [0.2, 0.25) is 0 Å². The Morgan fingerprint density at radius 1 is 1.25 bits per heavy atom. The van der Waals surface area contributed by atoms with Gasteiger partial charge in [-0.25, -0.2) is 4.79 Å². The predicted molar refractivity (Wildman–Crippen MR) is 74.1 cm³/mol. The molecule has 6 nitrogen and oxygen atoms in total. The number of rotatable bonds is 7. The Labute approximate surface area is 119 Å². The van der Waals surface area contributed by atoms with Crippen molar-refractivity contribution in [3.05, 3.63) is 0 Å². The quantitative estimate of drug-likeness (QED) is 0.693. The van der Waals surface area contributed by atoms with E-state index in [1.807, 2.05) is 27.7 Å². The number of carboxylic acids is 1. The smallest absolute Gasteiger partial charge is 0.326 e. The number of hydrogen-bond acceptors (Lipinski definition) is 4. The maximum atomic E-state index is 11.8. The lowest BCUT2D eigenvalue weighted by Crippen LogP contribution is -2.42. The largest absolute Gasteiger partial charge is 0.480 e. The topological polar surface area (TPSA) is 92.7 Å². The molecular formula is C14H25NO5. The first-order chi connectivity index (χ1) is 9.07. The molecule has 0 rings (SSSR count). The van der Waals surface area contributed by atoms with Crippen molar-refractivity contribution in [3.8, 4) is 0 Å². The van der Waals surface area contributed by atoms with E-state index < -0.39 is 18.0 Å². The average Bonchev–Trinajstić information content (AvgIpc) is 2.32. The first-order valence-electron chi connectivity index (χ1n) is 6.67. The van der Waals surface area contributed by atoms with E-state index >= 15 is 0 Å². The highest BCUT2D eigenvalue weighted by atomic mass is 16.5. The second kappa shape index (κ2) is 7.87. The maximum absolute atomic E-state index is 11.8. The standard InChI is InChI=1S/C14H25NO5/c1-9(14(2,3)4)8-11(16)15-10(13(18)19)6-7-12(17)20-5/h9-10H,6-8H2,1-5H3,(H,15,16)(H,18,19)/t9?,10-/m1/s1. The van der Waals surface area contributed by atoms with Crippen LogP contribution in [0.25, 0.3) is 0 Å². The molecule has 0 heterocycles. The second-order valence-corrected chi connectivity index (χ2v) is 6.04. The minimum atomic E-state index is -1.15. The molecule has 0 fully saturated rings. The fraction of sp³-hybridized carbons (Fsp3) is 0.786. The molecule has 0 spiro atoms. The normalized spacial score (nSPS) is 14.2. The summed E-state index contributed by atoms with van der Waals surface area (Å²) < 4.78 is 4.45. The van der Waals surface area contributed by atoms with Crippen molar-refractivity contribution >= 4 is 17.8 Å². The Balaban J connectivity index is 4.42. The molecule has 0 saturated heterocycles. The number of methoxy groups -OCH3 is 1. The highest BCUT2D eigenvalue weighted by molar-refractivity contribution is 5.84. The van der Waals surface area contributed by atoms with E-state index in [2.05, 4.69) is 10.1 Å². The molecule has 0 aromatic rings. The van der Waals surface area contributed by atoms with Gasteiger partial charge in [-0.1, -0.05) is 27.7 Å². The highest BCUT2D eigenvalue weighted by Gasteiger charge is 2.26. The molecule has 2 N–H and O–H groups in total. The molecular weight excluding hydrogens is 262 g/mol. The molecule has 0 aliphatic carbocycles. The van der Waals surface area contributed by atoms with E-state index in [0.29, 0.717) is 0 Å². The van der Waals surface area contributed by atoms with E-state index in [4.69, 9.17) is 5.11 Å². The molecule has 1 unspecified atom stereocenters. The zero-order valence-corrected chi connectivity index (χ0v) is 12.9. The number of carbonyl (C=O) groups is 3. The summed E-state index contributed by atoms with van der Waals surface area (Å²) in [6.07, 6.45) is 0.242. The molecule has 20 heavy (non-hydrogen) atoms. The fourth-order valence-corrected chi connectivity index (χ4v) is 1.46. The number of aliphatic carboxylic acids is 1. The molecule has 0 aliphatic rings. The zero-order valence-electron chi connectivity index (χ0n) is 12.9. The van der Waals surface area contributed by atoms with E-state index in [1.165, 1.54) is 7.11 Å². The minimum absolute atomic E-state index is 0.0254. The van der Waals surface area contributed by atoms with E-state index in [0.717, 1.165) is 0 Å². The van der Waals surface area contributed by atoms with Crippen molar-refractivity contribution in [2.75, 3.05) is 7.11 Å². The van der Waals surface area contributed by atoms with Gasteiger partial charge in [-0.2, -0.15) is 0 Å². The van der Waals surface area contributed by atoms with E-state index in [9.17, 15) is 14.4 Å². The second-order valence-electron chi connectivity index (χ2n) is 6.04. The van der Waals surface area contributed by atoms with Gasteiger partial charge < -0.3 is 15.2 Å². The van der Waals surface area contributed by atoms with E-state index in [1.54, 1.807) is 0 Å². The summed E-state index contributed by atoms with van der Waals surface area (Å²) in [6, 6.07) is -1.06. The van der Waals surface area contributed by atoms with Crippen LogP contribution in [-0.4, -0.2) is 36.1 Å². The third-order valence-electron chi connectivity index (χ3n) is 3.47. The van der Waals surface area contributed by atoms with Crippen LogP contribution < -0.4 is 5.32 Å². The lowest BCUT2D eigenvalue weighted by molar-refractivity contribution is -0.144. The third kappa shape index (κ3) is 7.11. The summed E-state index contributed by atoms with van der Waals surface area (Å²) in [5.74, 6) is -1.83. The molecule has 0 radical (unpaired) electrons. The Morgan fingerprint density at radius 3 is 2.20 bits per heavy atom. The van der Waals surface area contributed by atoms with Crippen LogP contribution in [0, 0.1) is 11.3 Å². The van der Waals surface area contributed by atoms with Gasteiger partial charge in [0.15, 0.2) is 0 Å². The van der Waals surface area contributed by atoms with Gasteiger partial charge in [0.1, 0.15) is 6.04 Å². The van der Waals surface area contributed by atoms with Crippen LogP contribution in [0.1, 0.15) is 47.0 Å². The van der Waals surface area contributed by atoms with Gasteiger partial charge in [0.2, 0.25) is 5.91 Å². The zero-order chi connectivity index (χ0) is 15.9. The lowest BCUT2D eigenvalue weighted by atomic mass is 9.80. The minimum Gasteiger partial charge on any atom is -0.480 e. The Bertz CT molecular complexity index is 359. The Kier molecular flexibility index (Phi) is 7.24. The summed E-state index contributed by atoms with van der Waals surface area (Å²) in [6.45, 7) is 8.02. The monoisotopic (exact) mass is 287 g/mol. The number of carboxylic acid groups (broad SMARTS) is 1.